The first-order valence-electron chi connectivity index (χ1n) is 11.2. The summed E-state index contributed by atoms with van der Waals surface area (Å²) in [6.07, 6.45) is -1.76. The number of alkyl halides is 3. The third kappa shape index (κ3) is 7.26. The third-order valence-electron chi connectivity index (χ3n) is 5.03. The van der Waals surface area contributed by atoms with E-state index >= 15 is 0 Å². The summed E-state index contributed by atoms with van der Waals surface area (Å²) in [5.74, 6) is -1.82. The van der Waals surface area contributed by atoms with E-state index in [9.17, 15) is 22.8 Å². The second-order valence-corrected chi connectivity index (χ2v) is 8.51. The number of hydrogen-bond donors (Lipinski definition) is 3. The molecule has 0 aliphatic carbocycles. The van der Waals surface area contributed by atoms with Gasteiger partial charge in [0.05, 0.1) is 16.8 Å². The number of anilines is 1. The number of rotatable bonds is 5. The van der Waals surface area contributed by atoms with Crippen molar-refractivity contribution >= 4 is 39.2 Å². The Morgan fingerprint density at radius 2 is 1.79 bits per heavy atom. The van der Waals surface area contributed by atoms with Gasteiger partial charge in [-0.3, -0.25) is 14.9 Å². The lowest BCUT2D eigenvalue weighted by atomic mass is 9.95. The van der Waals surface area contributed by atoms with Gasteiger partial charge in [-0.25, -0.2) is 4.98 Å². The molecule has 0 fully saturated rings. The van der Waals surface area contributed by atoms with Gasteiger partial charge in [-0.15, -0.1) is 11.3 Å². The fraction of sp³-hybridized carbons (Fsp3) is 0.231. The van der Waals surface area contributed by atoms with Crippen LogP contribution in [0.1, 0.15) is 41.8 Å². The number of para-hydroxylation sites is 1. The van der Waals surface area contributed by atoms with Gasteiger partial charge in [-0.1, -0.05) is 43.7 Å². The van der Waals surface area contributed by atoms with Crippen LogP contribution >= 0.6 is 11.3 Å². The largest absolute Gasteiger partial charge is 0.550 e. The molecule has 0 saturated heterocycles. The summed E-state index contributed by atoms with van der Waals surface area (Å²) < 4.78 is 41.1. The van der Waals surface area contributed by atoms with E-state index in [4.69, 9.17) is 15.0 Å². The highest BCUT2D eigenvalue weighted by Gasteiger charge is 2.34. The number of H-pyrrole nitrogens is 1. The predicted octanol–water partition coefficient (Wildman–Crippen LogP) is 4.24. The highest BCUT2D eigenvalue weighted by atomic mass is 32.1. The van der Waals surface area contributed by atoms with E-state index in [-0.39, 0.29) is 27.3 Å². The molecule has 0 aliphatic heterocycles. The lowest BCUT2D eigenvalue weighted by molar-refractivity contribution is -0.302. The van der Waals surface area contributed by atoms with Gasteiger partial charge in [0.1, 0.15) is 5.56 Å². The van der Waals surface area contributed by atoms with Crippen LogP contribution in [0.5, 0.6) is 0 Å². The summed E-state index contributed by atoms with van der Waals surface area (Å²) in [5.41, 5.74) is -0.967. The van der Waals surface area contributed by atoms with E-state index in [2.05, 4.69) is 15.3 Å². The molecule has 2 aromatic heterocycles. The first-order chi connectivity index (χ1) is 18.0. The number of nitrogens with one attached hydrogen (secondary N) is 2. The van der Waals surface area contributed by atoms with Crippen molar-refractivity contribution < 1.29 is 33.0 Å². The fourth-order valence-electron chi connectivity index (χ4n) is 3.66. The maximum atomic E-state index is 13.7. The summed E-state index contributed by atoms with van der Waals surface area (Å²) in [6.45, 7) is 2.94. The summed E-state index contributed by atoms with van der Waals surface area (Å²) >= 11 is 1.17. The SMILES string of the molecule is CC(=O)[O-].CCCc1ccccc1-c1[nH]c2c(C(F)(F)F)cccc2c(=O)c1C(=O)Nc1nccs1.CO. The van der Waals surface area contributed by atoms with E-state index in [1.54, 1.807) is 17.5 Å². The Labute approximate surface area is 219 Å². The minimum absolute atomic E-state index is 0.0531. The zero-order valence-electron chi connectivity index (χ0n) is 20.7. The molecule has 4 aromatic rings. The number of carboxylic acid groups (broad SMARTS) is 1. The Bertz CT molecular complexity index is 1450. The van der Waals surface area contributed by atoms with Crippen molar-refractivity contribution in [1.29, 1.82) is 0 Å². The summed E-state index contributed by atoms with van der Waals surface area (Å²) in [7, 11) is 1.00. The smallest absolute Gasteiger partial charge is 0.418 e. The molecule has 3 N–H and O–H groups in total. The van der Waals surface area contributed by atoms with Crippen LogP contribution in [0.25, 0.3) is 22.2 Å². The molecular weight excluding hydrogens is 523 g/mol. The quantitative estimate of drug-likeness (QED) is 0.342. The number of amides is 1. The predicted molar refractivity (Wildman–Crippen MR) is 138 cm³/mol. The van der Waals surface area contributed by atoms with Crippen molar-refractivity contribution in [3.8, 4) is 11.3 Å². The molecule has 1 amide bonds. The normalized spacial score (nSPS) is 10.6. The second kappa shape index (κ2) is 13.5. The average Bonchev–Trinajstić information content (AvgIpc) is 3.37. The molecule has 0 aliphatic rings. The van der Waals surface area contributed by atoms with Crippen LogP contribution in [0.4, 0.5) is 18.3 Å². The van der Waals surface area contributed by atoms with E-state index in [1.165, 1.54) is 23.6 Å². The number of aliphatic hydroxyl groups excluding tert-OH is 1. The number of pyridine rings is 1. The first kappa shape index (κ1) is 30.2. The highest BCUT2D eigenvalue weighted by molar-refractivity contribution is 7.13. The Balaban J connectivity index is 0.000000773. The molecule has 8 nitrogen and oxygen atoms in total. The maximum Gasteiger partial charge on any atom is 0.418 e. The molecule has 0 unspecified atom stereocenters. The van der Waals surface area contributed by atoms with E-state index in [0.29, 0.717) is 12.0 Å². The monoisotopic (exact) mass is 548 g/mol. The average molecular weight is 549 g/mol. The van der Waals surface area contributed by atoms with Gasteiger partial charge in [0.15, 0.2) is 5.13 Å². The van der Waals surface area contributed by atoms with Crippen LogP contribution in [0.3, 0.4) is 0 Å². The van der Waals surface area contributed by atoms with Crippen molar-refractivity contribution in [3.05, 3.63) is 81.0 Å². The molecule has 0 bridgehead atoms. The van der Waals surface area contributed by atoms with Gasteiger partial charge in [-0.05, 0) is 31.0 Å². The number of aliphatic carboxylic acids is 1. The molecule has 4 rings (SSSR count). The number of carboxylic acids is 1. The first-order valence-corrected chi connectivity index (χ1v) is 12.1. The number of aliphatic hydroxyl groups is 1. The van der Waals surface area contributed by atoms with Crippen molar-refractivity contribution in [3.63, 3.8) is 0 Å². The number of halogens is 3. The topological polar surface area (TPSA) is 135 Å². The molecule has 2 heterocycles. The van der Waals surface area contributed by atoms with Gasteiger partial charge in [-0.2, -0.15) is 13.2 Å². The number of carbonyl (C=O) groups excluding carboxylic acids is 2. The van der Waals surface area contributed by atoms with Crippen LogP contribution in [0, 0.1) is 0 Å². The molecule has 202 valence electrons. The number of aromatic amines is 1. The van der Waals surface area contributed by atoms with Gasteiger partial charge >= 0.3 is 6.18 Å². The van der Waals surface area contributed by atoms with E-state index in [1.807, 2.05) is 19.1 Å². The minimum Gasteiger partial charge on any atom is -0.550 e. The molecule has 2 aromatic carbocycles. The molecular formula is C26H25F3N3O5S-. The standard InChI is InChI=1S/C23H18F3N3O2S.C2H4O2.CH4O/c1-2-6-13-7-3-4-8-14(13)19-17(21(31)29-22-27-11-12-32-22)20(30)15-9-5-10-16(18(15)28-19)23(24,25)26;1-2(3)4;1-2/h3-5,7-12H,2,6H2,1H3,(H,28,30)(H,27,29,31);1H3,(H,3,4);2H,1H3/p-1. The molecule has 38 heavy (non-hydrogen) atoms. The molecule has 0 atom stereocenters. The molecule has 0 saturated carbocycles. The van der Waals surface area contributed by atoms with Crippen molar-refractivity contribution in [2.24, 2.45) is 0 Å². The summed E-state index contributed by atoms with van der Waals surface area (Å²) in [4.78, 5) is 42.2. The Hall–Kier alpha value is -4.03. The number of aromatic nitrogens is 2. The maximum absolute atomic E-state index is 13.7. The van der Waals surface area contributed by atoms with Crippen molar-refractivity contribution in [2.45, 2.75) is 32.9 Å². The lowest BCUT2D eigenvalue weighted by Crippen LogP contribution is -2.25. The van der Waals surface area contributed by atoms with Crippen LogP contribution in [0.2, 0.25) is 0 Å². The van der Waals surface area contributed by atoms with Crippen LogP contribution in [-0.4, -0.2) is 34.1 Å². The number of aryl methyl sites for hydroxylation is 1. The molecule has 0 spiro atoms. The molecule has 12 heteroatoms. The lowest BCUT2D eigenvalue weighted by Gasteiger charge is -2.17. The number of carbonyl (C=O) groups is 2. The molecule has 0 radical (unpaired) electrons. The number of hydrogen-bond acceptors (Lipinski definition) is 7. The van der Waals surface area contributed by atoms with Crippen molar-refractivity contribution in [2.75, 3.05) is 12.4 Å². The number of nitrogens with zero attached hydrogens (tertiary/aromatic N) is 1. The Morgan fingerprint density at radius 3 is 2.37 bits per heavy atom. The van der Waals surface area contributed by atoms with Gasteiger partial charge < -0.3 is 20.0 Å². The number of benzene rings is 2. The minimum atomic E-state index is -4.67. The van der Waals surface area contributed by atoms with Crippen molar-refractivity contribution in [1.82, 2.24) is 9.97 Å². The Morgan fingerprint density at radius 1 is 1.13 bits per heavy atom. The van der Waals surface area contributed by atoms with Gasteiger partial charge in [0.2, 0.25) is 5.43 Å². The summed E-state index contributed by atoms with van der Waals surface area (Å²) in [6, 6.07) is 10.4. The zero-order chi connectivity index (χ0) is 28.5. The number of thiazole rings is 1. The van der Waals surface area contributed by atoms with E-state index in [0.717, 1.165) is 38.2 Å². The zero-order valence-corrected chi connectivity index (χ0v) is 21.5. The van der Waals surface area contributed by atoms with Crippen LogP contribution in [-0.2, 0) is 17.4 Å². The second-order valence-electron chi connectivity index (χ2n) is 7.62. The Kier molecular flexibility index (Phi) is 10.7. The highest BCUT2D eigenvalue weighted by Crippen LogP contribution is 2.35. The third-order valence-corrected chi connectivity index (χ3v) is 5.72. The van der Waals surface area contributed by atoms with Crippen LogP contribution < -0.4 is 15.9 Å². The van der Waals surface area contributed by atoms with Gasteiger partial charge in [0.25, 0.3) is 5.91 Å². The fourth-order valence-corrected chi connectivity index (χ4v) is 4.19. The van der Waals surface area contributed by atoms with Gasteiger partial charge in [0, 0.05) is 35.6 Å². The van der Waals surface area contributed by atoms with E-state index < -0.39 is 29.0 Å². The summed E-state index contributed by atoms with van der Waals surface area (Å²) in [5, 5.41) is 20.2. The van der Waals surface area contributed by atoms with Crippen LogP contribution in [0.15, 0.2) is 58.8 Å². The number of fused-ring (bicyclic) bond motifs is 1.